The molecule has 1 aromatic rings. The van der Waals surface area contributed by atoms with Gasteiger partial charge in [-0.3, -0.25) is 57.5 Å². The van der Waals surface area contributed by atoms with E-state index in [1.807, 2.05) is 0 Å². The van der Waals surface area contributed by atoms with Gasteiger partial charge in [0.05, 0.1) is 13.0 Å². The Labute approximate surface area is 422 Å². The van der Waals surface area contributed by atoms with E-state index in [1.165, 1.54) is 24.3 Å². The third-order valence-electron chi connectivity index (χ3n) is 13.3. The standard InChI is InChI=1S/C48H72N12O13/c1-3-25(2)41-48(73)56-31(13-14-36(49)62)45(70)58-34(22-37(50)63)46(71)59-35(23-53-39(65)15-16-40(66)55-33(47(72)60-41)20-27-9-11-29(61)12-10-27)44(69)52-18-17-28-21-30(28)42(67)57-32(43(68)54-24-38(51)64)19-26-7-5-4-6-8-26/h9-12,25-26,28,30-35,41,61H,3-8,13-24H2,1-2H3,(H2,49,62)(H2,50,63)(H2,51,64)(H,52,69)(H,53,65)(H,54,68)(H,55,66)(H,56,73)(H,57,67)(H,58,70)(H,59,71)(H,60,72)/t25-,28?,30-,31-,32-,33-,34-,35-,41-/m0/s1. The summed E-state index contributed by atoms with van der Waals surface area (Å²) in [4.78, 5) is 158. The molecule has 0 bridgehead atoms. The first kappa shape index (κ1) is 58.2. The number of phenols is 1. The summed E-state index contributed by atoms with van der Waals surface area (Å²) in [6, 6.07) is -2.66. The van der Waals surface area contributed by atoms with Crippen molar-refractivity contribution in [2.75, 3.05) is 19.6 Å². The molecule has 2 saturated carbocycles. The number of carbonyl (C=O) groups excluding carboxylic acids is 12. The van der Waals surface area contributed by atoms with Gasteiger partial charge in [0, 0.05) is 44.7 Å². The first-order valence-corrected chi connectivity index (χ1v) is 24.9. The third-order valence-corrected chi connectivity index (χ3v) is 13.3. The van der Waals surface area contributed by atoms with Crippen LogP contribution in [-0.4, -0.2) is 132 Å². The lowest BCUT2D eigenvalue weighted by Gasteiger charge is -2.29. The van der Waals surface area contributed by atoms with E-state index < -0.39 is 152 Å². The number of nitrogens with two attached hydrogens (primary N) is 3. The Morgan fingerprint density at radius 3 is 2.00 bits per heavy atom. The molecule has 1 saturated heterocycles. The van der Waals surface area contributed by atoms with Crippen LogP contribution in [0, 0.1) is 23.7 Å². The van der Waals surface area contributed by atoms with Crippen LogP contribution in [0.2, 0.25) is 0 Å². The smallest absolute Gasteiger partial charge is 0.244 e. The largest absolute Gasteiger partial charge is 0.508 e. The van der Waals surface area contributed by atoms with Gasteiger partial charge in [-0.15, -0.1) is 0 Å². The highest BCUT2D eigenvalue weighted by molar-refractivity contribution is 5.98. The molecule has 25 nitrogen and oxygen atoms in total. The van der Waals surface area contributed by atoms with Crippen LogP contribution in [0.15, 0.2) is 24.3 Å². The van der Waals surface area contributed by atoms with Gasteiger partial charge in [-0.25, -0.2) is 0 Å². The van der Waals surface area contributed by atoms with E-state index >= 15 is 0 Å². The number of rotatable bonds is 20. The van der Waals surface area contributed by atoms with E-state index in [0.717, 1.165) is 32.1 Å². The second-order valence-electron chi connectivity index (χ2n) is 19.2. The fourth-order valence-electron chi connectivity index (χ4n) is 8.77. The molecule has 0 aromatic heterocycles. The Morgan fingerprint density at radius 2 is 1.36 bits per heavy atom. The summed E-state index contributed by atoms with van der Waals surface area (Å²) in [6.45, 7) is 2.42. The van der Waals surface area contributed by atoms with Gasteiger partial charge in [-0.05, 0) is 61.1 Å². The molecular formula is C48H72N12O13. The molecular weight excluding hydrogens is 953 g/mol. The topological polar surface area (TPSA) is 411 Å². The Balaban J connectivity index is 1.54. The van der Waals surface area contributed by atoms with Gasteiger partial charge >= 0.3 is 0 Å². The molecule has 0 spiro atoms. The van der Waals surface area contributed by atoms with Crippen LogP contribution in [0.25, 0.3) is 0 Å². The van der Waals surface area contributed by atoms with Crippen LogP contribution in [0.5, 0.6) is 5.75 Å². The van der Waals surface area contributed by atoms with Crippen LogP contribution in [-0.2, 0) is 64.0 Å². The summed E-state index contributed by atoms with van der Waals surface area (Å²) in [5.74, 6) is -10.8. The van der Waals surface area contributed by atoms with E-state index in [9.17, 15) is 62.6 Å². The van der Waals surface area contributed by atoms with Gasteiger partial charge in [-0.2, -0.15) is 0 Å². The molecule has 4 rings (SSSR count). The van der Waals surface area contributed by atoms with Crippen molar-refractivity contribution in [3.05, 3.63) is 29.8 Å². The molecule has 1 heterocycles. The Bertz CT molecular complexity index is 2190. The summed E-state index contributed by atoms with van der Waals surface area (Å²) in [5, 5.41) is 32.8. The summed E-state index contributed by atoms with van der Waals surface area (Å²) in [6.07, 6.45) is 3.74. The molecule has 16 N–H and O–H groups in total. The Kier molecular flexibility index (Phi) is 22.8. The zero-order valence-corrected chi connectivity index (χ0v) is 41.4. The molecule has 1 aliphatic heterocycles. The minimum Gasteiger partial charge on any atom is -0.508 e. The normalized spacial score (nSPS) is 24.5. The molecule has 3 aliphatic rings. The maximum Gasteiger partial charge on any atom is 0.244 e. The van der Waals surface area contributed by atoms with Gasteiger partial charge in [0.2, 0.25) is 70.9 Å². The minimum atomic E-state index is -1.77. The molecule has 2 aliphatic carbocycles. The van der Waals surface area contributed by atoms with Gasteiger partial charge < -0.3 is 70.2 Å². The van der Waals surface area contributed by atoms with Gasteiger partial charge in [-0.1, -0.05) is 64.5 Å². The summed E-state index contributed by atoms with van der Waals surface area (Å²) in [7, 11) is 0. The highest BCUT2D eigenvalue weighted by Crippen LogP contribution is 2.41. The van der Waals surface area contributed by atoms with Gasteiger partial charge in [0.15, 0.2) is 0 Å². The highest BCUT2D eigenvalue weighted by atomic mass is 16.3. The van der Waals surface area contributed by atoms with E-state index in [0.29, 0.717) is 24.8 Å². The number of aromatic hydroxyl groups is 1. The van der Waals surface area contributed by atoms with Crippen molar-refractivity contribution in [3.63, 3.8) is 0 Å². The summed E-state index contributed by atoms with van der Waals surface area (Å²) < 4.78 is 0. The van der Waals surface area contributed by atoms with E-state index in [4.69, 9.17) is 17.2 Å². The first-order valence-electron chi connectivity index (χ1n) is 24.9. The van der Waals surface area contributed by atoms with Crippen molar-refractivity contribution in [1.29, 1.82) is 0 Å². The maximum atomic E-state index is 14.0. The lowest BCUT2D eigenvalue weighted by atomic mass is 9.84. The van der Waals surface area contributed by atoms with E-state index in [2.05, 4.69) is 47.9 Å². The molecule has 25 heteroatoms. The zero-order valence-electron chi connectivity index (χ0n) is 41.4. The monoisotopic (exact) mass is 1020 g/mol. The molecule has 73 heavy (non-hydrogen) atoms. The summed E-state index contributed by atoms with van der Waals surface area (Å²) in [5.41, 5.74) is 16.6. The molecule has 1 aromatic carbocycles. The van der Waals surface area contributed by atoms with Crippen molar-refractivity contribution in [3.8, 4) is 5.75 Å². The van der Waals surface area contributed by atoms with Crippen molar-refractivity contribution >= 4 is 70.9 Å². The van der Waals surface area contributed by atoms with Gasteiger partial charge in [0.1, 0.15) is 42.0 Å². The first-order chi connectivity index (χ1) is 34.6. The average Bonchev–Trinajstić information content (AvgIpc) is 4.13. The number of carbonyl (C=O) groups is 12. The number of phenolic OH excluding ortho intramolecular Hbond substituents is 1. The zero-order chi connectivity index (χ0) is 53.8. The third kappa shape index (κ3) is 20.0. The SMILES string of the molecule is CC[C@H](C)[C@@H]1NC(=O)[C@H](Cc2ccc(O)cc2)NC(=O)CCC(=O)NC[C@@H](C(=O)NCCC2C[C@@H]2C(=O)N[C@@H](CC2CCCCC2)C(=O)NCC(N)=O)NC(=O)[C@H](CC(N)=O)NC(=O)[C@H](CCC(N)=O)NC1=O. The van der Waals surface area contributed by atoms with Crippen molar-refractivity contribution in [2.45, 2.75) is 146 Å². The second kappa shape index (κ2) is 28.6. The molecule has 9 atom stereocenters. The average molecular weight is 1030 g/mol. The number of amides is 12. The predicted octanol–water partition coefficient (Wildman–Crippen LogP) is -3.35. The van der Waals surface area contributed by atoms with Crippen LogP contribution in [0.1, 0.15) is 109 Å². The molecule has 0 radical (unpaired) electrons. The fraction of sp³-hybridized carbons (Fsp3) is 0.625. The lowest BCUT2D eigenvalue weighted by Crippen LogP contribution is -2.61. The fourth-order valence-corrected chi connectivity index (χ4v) is 8.77. The van der Waals surface area contributed by atoms with Crippen LogP contribution in [0.3, 0.4) is 0 Å². The van der Waals surface area contributed by atoms with Crippen LogP contribution in [0.4, 0.5) is 0 Å². The number of primary amides is 3. The Hall–Kier alpha value is -7.34. The van der Waals surface area contributed by atoms with E-state index in [-0.39, 0.29) is 49.4 Å². The molecule has 402 valence electrons. The van der Waals surface area contributed by atoms with Crippen molar-refractivity contribution in [1.82, 2.24) is 47.9 Å². The number of benzene rings is 1. The molecule has 1 unspecified atom stereocenters. The van der Waals surface area contributed by atoms with E-state index in [1.54, 1.807) is 13.8 Å². The van der Waals surface area contributed by atoms with Crippen molar-refractivity contribution in [2.24, 2.45) is 40.9 Å². The quantitative estimate of drug-likeness (QED) is 0.0608. The predicted molar refractivity (Wildman–Crippen MR) is 260 cm³/mol. The van der Waals surface area contributed by atoms with Crippen LogP contribution >= 0.6 is 0 Å². The lowest BCUT2D eigenvalue weighted by molar-refractivity contribution is -0.136. The maximum absolute atomic E-state index is 14.0. The highest BCUT2D eigenvalue weighted by Gasteiger charge is 2.44. The number of nitrogens with one attached hydrogen (secondary N) is 9. The molecule has 3 fully saturated rings. The summed E-state index contributed by atoms with van der Waals surface area (Å²) >= 11 is 0. The minimum absolute atomic E-state index is 0.0163. The number of hydrogen-bond donors (Lipinski definition) is 13. The second-order valence-corrected chi connectivity index (χ2v) is 19.2. The van der Waals surface area contributed by atoms with Crippen LogP contribution < -0.4 is 65.1 Å². The van der Waals surface area contributed by atoms with Crippen molar-refractivity contribution < 1.29 is 62.6 Å². The number of hydrogen-bond acceptors (Lipinski definition) is 13. The molecule has 12 amide bonds. The Morgan fingerprint density at radius 1 is 0.712 bits per heavy atom. The van der Waals surface area contributed by atoms with Gasteiger partial charge in [0.25, 0.3) is 0 Å².